The Morgan fingerprint density at radius 1 is 1.35 bits per heavy atom. The molecule has 1 saturated heterocycles. The molecular weight excluding hydrogens is 314 g/mol. The third kappa shape index (κ3) is 3.34. The summed E-state index contributed by atoms with van der Waals surface area (Å²) in [6.07, 6.45) is 1.93. The van der Waals surface area contributed by atoms with Gasteiger partial charge in [0.25, 0.3) is 5.69 Å². The van der Waals surface area contributed by atoms with Gasteiger partial charge in [0.05, 0.1) is 17.5 Å². The number of rotatable bonds is 4. The topological polar surface area (TPSA) is 75.5 Å². The number of amides is 2. The highest BCUT2D eigenvalue weighted by molar-refractivity contribution is 7.10. The van der Waals surface area contributed by atoms with E-state index in [0.717, 1.165) is 12.8 Å². The maximum Gasteiger partial charge on any atom is 0.318 e. The minimum atomic E-state index is -0.425. The summed E-state index contributed by atoms with van der Waals surface area (Å²) in [6, 6.07) is 10.4. The lowest BCUT2D eigenvalue weighted by Gasteiger charge is -2.24. The number of carbonyl (C=O) groups is 1. The Balaban J connectivity index is 1.67. The molecule has 6 nitrogen and oxygen atoms in total. The number of hydrogen-bond acceptors (Lipinski definition) is 4. The predicted molar refractivity (Wildman–Crippen MR) is 88.3 cm³/mol. The first-order valence-corrected chi connectivity index (χ1v) is 8.35. The minimum Gasteiger partial charge on any atom is -0.334 e. The lowest BCUT2D eigenvalue weighted by atomic mass is 10.2. The Morgan fingerprint density at radius 3 is 2.91 bits per heavy atom. The highest BCUT2D eigenvalue weighted by atomic mass is 32.1. The summed E-state index contributed by atoms with van der Waals surface area (Å²) in [5.41, 5.74) is 0.543. The van der Waals surface area contributed by atoms with Gasteiger partial charge in [0.2, 0.25) is 0 Å². The fourth-order valence-electron chi connectivity index (χ4n) is 2.90. The zero-order chi connectivity index (χ0) is 16.2. The second-order valence-corrected chi connectivity index (χ2v) is 6.39. The SMILES string of the molecule is O=C(NCc1ccccc1[N+](=O)[O-])N1CCCC1c1cccs1. The molecule has 1 aliphatic rings. The van der Waals surface area contributed by atoms with E-state index in [1.807, 2.05) is 22.4 Å². The molecule has 23 heavy (non-hydrogen) atoms. The molecule has 0 radical (unpaired) electrons. The number of likely N-dealkylation sites (tertiary alicyclic amines) is 1. The van der Waals surface area contributed by atoms with Crippen LogP contribution in [0.25, 0.3) is 0 Å². The maximum absolute atomic E-state index is 12.5. The van der Waals surface area contributed by atoms with Gasteiger partial charge >= 0.3 is 6.03 Å². The monoisotopic (exact) mass is 331 g/mol. The van der Waals surface area contributed by atoms with Crippen LogP contribution >= 0.6 is 11.3 Å². The van der Waals surface area contributed by atoms with Crippen LogP contribution in [0, 0.1) is 10.1 Å². The highest BCUT2D eigenvalue weighted by Gasteiger charge is 2.30. The number of benzene rings is 1. The molecule has 2 aromatic rings. The molecule has 0 aliphatic carbocycles. The average Bonchev–Trinajstić information content (AvgIpc) is 3.23. The molecule has 3 rings (SSSR count). The van der Waals surface area contributed by atoms with E-state index in [1.54, 1.807) is 29.5 Å². The van der Waals surface area contributed by atoms with Gasteiger partial charge in [-0.2, -0.15) is 0 Å². The molecule has 2 amide bonds. The van der Waals surface area contributed by atoms with Crippen molar-refractivity contribution in [3.05, 3.63) is 62.3 Å². The molecule has 1 fully saturated rings. The third-order valence-electron chi connectivity index (χ3n) is 4.00. The number of nitro groups is 1. The maximum atomic E-state index is 12.5. The van der Waals surface area contributed by atoms with Crippen LogP contribution in [0.3, 0.4) is 0 Å². The van der Waals surface area contributed by atoms with E-state index in [9.17, 15) is 14.9 Å². The van der Waals surface area contributed by atoms with E-state index >= 15 is 0 Å². The molecule has 2 heterocycles. The normalized spacial score (nSPS) is 17.2. The van der Waals surface area contributed by atoms with E-state index in [2.05, 4.69) is 5.32 Å². The number of urea groups is 1. The summed E-state index contributed by atoms with van der Waals surface area (Å²) in [5, 5.41) is 15.8. The first kappa shape index (κ1) is 15.5. The lowest BCUT2D eigenvalue weighted by molar-refractivity contribution is -0.385. The summed E-state index contributed by atoms with van der Waals surface area (Å²) in [4.78, 5) is 26.0. The average molecular weight is 331 g/mol. The Hall–Kier alpha value is -2.41. The summed E-state index contributed by atoms with van der Waals surface area (Å²) >= 11 is 1.65. The van der Waals surface area contributed by atoms with Crippen LogP contribution in [0.4, 0.5) is 10.5 Å². The van der Waals surface area contributed by atoms with Crippen LogP contribution in [-0.2, 0) is 6.54 Å². The van der Waals surface area contributed by atoms with E-state index < -0.39 is 4.92 Å². The Kier molecular flexibility index (Phi) is 4.57. The van der Waals surface area contributed by atoms with Crippen molar-refractivity contribution in [1.82, 2.24) is 10.2 Å². The van der Waals surface area contributed by atoms with E-state index in [-0.39, 0.29) is 24.3 Å². The standard InChI is InChI=1S/C16H17N3O3S/c20-16(17-11-12-5-1-2-6-13(12)19(21)22)18-9-3-7-14(18)15-8-4-10-23-15/h1-2,4-6,8,10,14H,3,7,9,11H2,(H,17,20). The number of carbonyl (C=O) groups excluding carboxylic acids is 1. The molecular formula is C16H17N3O3S. The van der Waals surface area contributed by atoms with Crippen LogP contribution in [0.15, 0.2) is 41.8 Å². The molecule has 120 valence electrons. The number of hydrogen-bond donors (Lipinski definition) is 1. The molecule has 0 saturated carbocycles. The smallest absolute Gasteiger partial charge is 0.318 e. The molecule has 0 bridgehead atoms. The zero-order valence-electron chi connectivity index (χ0n) is 12.5. The van der Waals surface area contributed by atoms with E-state index in [1.165, 1.54) is 10.9 Å². The lowest BCUT2D eigenvalue weighted by Crippen LogP contribution is -2.39. The van der Waals surface area contributed by atoms with Crippen molar-refractivity contribution in [3.63, 3.8) is 0 Å². The van der Waals surface area contributed by atoms with Crippen molar-refractivity contribution in [2.24, 2.45) is 0 Å². The summed E-state index contributed by atoms with van der Waals surface area (Å²) in [6.45, 7) is 0.870. The van der Waals surface area contributed by atoms with Crippen LogP contribution in [0.5, 0.6) is 0 Å². The van der Waals surface area contributed by atoms with Gasteiger partial charge in [-0.05, 0) is 24.3 Å². The second kappa shape index (κ2) is 6.78. The van der Waals surface area contributed by atoms with Crippen molar-refractivity contribution in [1.29, 1.82) is 0 Å². The molecule has 1 aromatic heterocycles. The minimum absolute atomic E-state index is 0.0315. The van der Waals surface area contributed by atoms with Crippen molar-refractivity contribution in [2.45, 2.75) is 25.4 Å². The van der Waals surface area contributed by atoms with Crippen LogP contribution in [-0.4, -0.2) is 22.4 Å². The van der Waals surface area contributed by atoms with Gasteiger partial charge in [-0.3, -0.25) is 10.1 Å². The van der Waals surface area contributed by atoms with Gasteiger partial charge in [0, 0.05) is 23.1 Å². The fourth-order valence-corrected chi connectivity index (χ4v) is 3.77. The number of nitrogens with zero attached hydrogens (tertiary/aromatic N) is 2. The number of nitro benzene ring substituents is 1. The van der Waals surface area contributed by atoms with Crippen LogP contribution < -0.4 is 5.32 Å². The van der Waals surface area contributed by atoms with Crippen LogP contribution in [0.2, 0.25) is 0 Å². The molecule has 1 unspecified atom stereocenters. The first-order chi connectivity index (χ1) is 11.2. The van der Waals surface area contributed by atoms with Crippen molar-refractivity contribution in [2.75, 3.05) is 6.54 Å². The third-order valence-corrected chi connectivity index (χ3v) is 4.98. The Morgan fingerprint density at radius 2 is 2.17 bits per heavy atom. The molecule has 1 aromatic carbocycles. The first-order valence-electron chi connectivity index (χ1n) is 7.47. The van der Waals surface area contributed by atoms with Gasteiger partial charge in [-0.15, -0.1) is 11.3 Å². The van der Waals surface area contributed by atoms with Crippen molar-refractivity contribution >= 4 is 23.1 Å². The van der Waals surface area contributed by atoms with Crippen LogP contribution in [0.1, 0.15) is 29.3 Å². The summed E-state index contributed by atoms with van der Waals surface area (Å²) in [7, 11) is 0. The molecule has 7 heteroatoms. The van der Waals surface area contributed by atoms with Gasteiger partial charge in [0.1, 0.15) is 0 Å². The van der Waals surface area contributed by atoms with Gasteiger partial charge < -0.3 is 10.2 Å². The number of thiophene rings is 1. The van der Waals surface area contributed by atoms with Gasteiger partial charge in [-0.1, -0.05) is 24.3 Å². The summed E-state index contributed by atoms with van der Waals surface area (Å²) < 4.78 is 0. The fraction of sp³-hybridized carbons (Fsp3) is 0.312. The predicted octanol–water partition coefficient (Wildman–Crippen LogP) is 3.70. The molecule has 1 atom stereocenters. The van der Waals surface area contributed by atoms with E-state index in [4.69, 9.17) is 0 Å². The zero-order valence-corrected chi connectivity index (χ0v) is 13.3. The molecule has 1 N–H and O–H groups in total. The van der Waals surface area contributed by atoms with E-state index in [0.29, 0.717) is 12.1 Å². The largest absolute Gasteiger partial charge is 0.334 e. The van der Waals surface area contributed by atoms with Gasteiger partial charge in [0.15, 0.2) is 0 Å². The quantitative estimate of drug-likeness (QED) is 0.685. The Bertz CT molecular complexity index is 702. The van der Waals surface area contributed by atoms with Gasteiger partial charge in [-0.25, -0.2) is 4.79 Å². The number of nitrogens with one attached hydrogen (secondary N) is 1. The van der Waals surface area contributed by atoms with Crippen molar-refractivity contribution in [3.8, 4) is 0 Å². The van der Waals surface area contributed by atoms with Crippen molar-refractivity contribution < 1.29 is 9.72 Å². The summed E-state index contributed by atoms with van der Waals surface area (Å²) in [5.74, 6) is 0. The Labute approximate surface area is 137 Å². The number of para-hydroxylation sites is 1. The molecule has 1 aliphatic heterocycles. The second-order valence-electron chi connectivity index (χ2n) is 5.41. The molecule has 0 spiro atoms. The highest BCUT2D eigenvalue weighted by Crippen LogP contribution is 2.34.